The van der Waals surface area contributed by atoms with E-state index in [-0.39, 0.29) is 6.61 Å². The maximum Gasteiger partial charge on any atom is 0.161 e. The van der Waals surface area contributed by atoms with Gasteiger partial charge in [0.1, 0.15) is 5.75 Å². The van der Waals surface area contributed by atoms with Gasteiger partial charge in [-0.1, -0.05) is 28.1 Å². The number of hydrogen-bond acceptors (Lipinski definition) is 4. The molecule has 0 saturated heterocycles. The highest BCUT2D eigenvalue weighted by atomic mass is 79.9. The number of anilines is 1. The fourth-order valence-electron chi connectivity index (χ4n) is 2.05. The number of aromatic nitrogens is 1. The molecule has 0 fully saturated rings. The van der Waals surface area contributed by atoms with Crippen LogP contribution in [0.3, 0.4) is 0 Å². The van der Waals surface area contributed by atoms with Crippen molar-refractivity contribution >= 4 is 32.5 Å². The van der Waals surface area contributed by atoms with Crippen LogP contribution in [0.5, 0.6) is 11.5 Å². The molecule has 0 aliphatic rings. The highest BCUT2D eigenvalue weighted by Gasteiger charge is 2.10. The van der Waals surface area contributed by atoms with Crippen molar-refractivity contribution in [3.05, 3.63) is 58.7 Å². The number of rotatable bonds is 3. The lowest BCUT2D eigenvalue weighted by molar-refractivity contribution is 0.281. The van der Waals surface area contributed by atoms with Crippen molar-refractivity contribution in [3.63, 3.8) is 0 Å². The lowest BCUT2D eigenvalue weighted by Gasteiger charge is -2.12. The van der Waals surface area contributed by atoms with Gasteiger partial charge in [-0.05, 0) is 35.9 Å². The molecule has 4 nitrogen and oxygen atoms in total. The van der Waals surface area contributed by atoms with Crippen LogP contribution < -0.4 is 10.5 Å². The largest absolute Gasteiger partial charge is 0.454 e. The van der Waals surface area contributed by atoms with Gasteiger partial charge in [-0.25, -0.2) is 0 Å². The first kappa shape index (κ1) is 13.9. The highest BCUT2D eigenvalue weighted by Crippen LogP contribution is 2.35. The van der Waals surface area contributed by atoms with Crippen molar-refractivity contribution < 1.29 is 9.84 Å². The topological polar surface area (TPSA) is 68.4 Å². The lowest BCUT2D eigenvalue weighted by atomic mass is 10.2. The van der Waals surface area contributed by atoms with E-state index >= 15 is 0 Å². The molecule has 0 aliphatic heterocycles. The van der Waals surface area contributed by atoms with Crippen molar-refractivity contribution in [3.8, 4) is 11.5 Å². The molecule has 3 rings (SSSR count). The van der Waals surface area contributed by atoms with Crippen LogP contribution >= 0.6 is 15.9 Å². The Balaban J connectivity index is 2.06. The van der Waals surface area contributed by atoms with Gasteiger partial charge in [0.2, 0.25) is 0 Å². The third kappa shape index (κ3) is 2.84. The van der Waals surface area contributed by atoms with Crippen molar-refractivity contribution in [1.29, 1.82) is 0 Å². The minimum Gasteiger partial charge on any atom is -0.454 e. The standard InChI is InChI=1S/C16H13BrN2O2/c17-11-3-6-15-13(7-11)16(14(18)8-19-15)21-12-4-1-10(9-20)2-5-12/h1-8,20H,9,18H2. The predicted molar refractivity (Wildman–Crippen MR) is 86.3 cm³/mol. The van der Waals surface area contributed by atoms with E-state index in [0.29, 0.717) is 17.2 Å². The Morgan fingerprint density at radius 1 is 1.14 bits per heavy atom. The van der Waals surface area contributed by atoms with E-state index in [9.17, 15) is 0 Å². The van der Waals surface area contributed by atoms with Gasteiger partial charge in [0.15, 0.2) is 5.75 Å². The van der Waals surface area contributed by atoms with Crippen LogP contribution in [-0.4, -0.2) is 10.1 Å². The summed E-state index contributed by atoms with van der Waals surface area (Å²) in [5.41, 5.74) is 8.12. The van der Waals surface area contributed by atoms with Crippen LogP contribution in [0, 0.1) is 0 Å². The molecule has 0 spiro atoms. The smallest absolute Gasteiger partial charge is 0.161 e. The molecular formula is C16H13BrN2O2. The Morgan fingerprint density at radius 3 is 2.62 bits per heavy atom. The summed E-state index contributed by atoms with van der Waals surface area (Å²) in [6, 6.07) is 13.0. The molecule has 1 aromatic heterocycles. The number of aliphatic hydroxyl groups is 1. The highest BCUT2D eigenvalue weighted by molar-refractivity contribution is 9.10. The number of pyridine rings is 1. The Bertz CT molecular complexity index is 783. The zero-order valence-electron chi connectivity index (χ0n) is 11.1. The van der Waals surface area contributed by atoms with Gasteiger partial charge < -0.3 is 15.6 Å². The second-order valence-electron chi connectivity index (χ2n) is 4.61. The van der Waals surface area contributed by atoms with Crippen molar-refractivity contribution in [1.82, 2.24) is 4.98 Å². The Hall–Kier alpha value is -2.11. The number of ether oxygens (including phenoxy) is 1. The second kappa shape index (κ2) is 5.71. The fourth-order valence-corrected chi connectivity index (χ4v) is 2.41. The lowest BCUT2D eigenvalue weighted by Crippen LogP contribution is -1.95. The monoisotopic (exact) mass is 344 g/mol. The van der Waals surface area contributed by atoms with Gasteiger partial charge in [0, 0.05) is 9.86 Å². The normalized spacial score (nSPS) is 10.8. The Morgan fingerprint density at radius 2 is 1.90 bits per heavy atom. The van der Waals surface area contributed by atoms with Gasteiger partial charge in [0.25, 0.3) is 0 Å². The zero-order chi connectivity index (χ0) is 14.8. The summed E-state index contributed by atoms with van der Waals surface area (Å²) in [5.74, 6) is 1.24. The van der Waals surface area contributed by atoms with Gasteiger partial charge in [-0.2, -0.15) is 0 Å². The summed E-state index contributed by atoms with van der Waals surface area (Å²) >= 11 is 3.44. The molecule has 0 amide bonds. The van der Waals surface area contributed by atoms with Gasteiger partial charge in [0.05, 0.1) is 24.0 Å². The Labute approximate surface area is 130 Å². The molecule has 0 saturated carbocycles. The molecule has 0 atom stereocenters. The molecule has 5 heteroatoms. The van der Waals surface area contributed by atoms with Crippen LogP contribution in [0.2, 0.25) is 0 Å². The molecule has 0 bridgehead atoms. The van der Waals surface area contributed by atoms with Crippen LogP contribution in [0.25, 0.3) is 10.9 Å². The fraction of sp³-hybridized carbons (Fsp3) is 0.0625. The molecule has 3 aromatic rings. The van der Waals surface area contributed by atoms with E-state index < -0.39 is 0 Å². The molecule has 3 N–H and O–H groups in total. The van der Waals surface area contributed by atoms with Gasteiger partial charge in [-0.3, -0.25) is 4.98 Å². The van der Waals surface area contributed by atoms with E-state index in [1.54, 1.807) is 18.3 Å². The first-order valence-corrected chi connectivity index (χ1v) is 7.18. The van der Waals surface area contributed by atoms with Gasteiger partial charge in [-0.15, -0.1) is 0 Å². The maximum absolute atomic E-state index is 9.06. The third-order valence-electron chi connectivity index (χ3n) is 3.13. The minimum atomic E-state index is 0.00749. The minimum absolute atomic E-state index is 0.00749. The summed E-state index contributed by atoms with van der Waals surface area (Å²) < 4.78 is 6.84. The maximum atomic E-state index is 9.06. The number of nitrogen functional groups attached to an aromatic ring is 1. The number of halogens is 1. The van der Waals surface area contributed by atoms with Crippen LogP contribution in [0.1, 0.15) is 5.56 Å². The predicted octanol–water partition coefficient (Wildman–Crippen LogP) is 3.86. The van der Waals surface area contributed by atoms with Gasteiger partial charge >= 0.3 is 0 Å². The third-order valence-corrected chi connectivity index (χ3v) is 3.63. The van der Waals surface area contributed by atoms with Crippen molar-refractivity contribution in [2.24, 2.45) is 0 Å². The second-order valence-corrected chi connectivity index (χ2v) is 5.52. The molecule has 0 aliphatic carbocycles. The first-order chi connectivity index (χ1) is 10.2. The van der Waals surface area contributed by atoms with Crippen molar-refractivity contribution in [2.75, 3.05) is 5.73 Å². The van der Waals surface area contributed by atoms with Crippen LogP contribution in [0.4, 0.5) is 5.69 Å². The summed E-state index contributed by atoms with van der Waals surface area (Å²) in [6.07, 6.45) is 1.59. The number of nitrogens with two attached hydrogens (primary N) is 1. The number of fused-ring (bicyclic) bond motifs is 1. The summed E-state index contributed by atoms with van der Waals surface area (Å²) in [5, 5.41) is 9.90. The van der Waals surface area contributed by atoms with E-state index in [2.05, 4.69) is 20.9 Å². The van der Waals surface area contributed by atoms with E-state index in [1.807, 2.05) is 30.3 Å². The average molecular weight is 345 g/mol. The number of nitrogens with zero attached hydrogens (tertiary/aromatic N) is 1. The SMILES string of the molecule is Nc1cnc2ccc(Br)cc2c1Oc1ccc(CO)cc1. The zero-order valence-corrected chi connectivity index (χ0v) is 12.7. The number of benzene rings is 2. The van der Waals surface area contributed by atoms with Crippen molar-refractivity contribution in [2.45, 2.75) is 6.61 Å². The number of hydrogen-bond donors (Lipinski definition) is 2. The molecule has 2 aromatic carbocycles. The van der Waals surface area contributed by atoms with Crippen LogP contribution in [-0.2, 0) is 6.61 Å². The first-order valence-electron chi connectivity index (χ1n) is 6.39. The van der Waals surface area contributed by atoms with E-state index in [0.717, 1.165) is 20.9 Å². The molecule has 0 unspecified atom stereocenters. The molecule has 21 heavy (non-hydrogen) atoms. The summed E-state index contributed by atoms with van der Waals surface area (Å²) in [6.45, 7) is 0.00749. The summed E-state index contributed by atoms with van der Waals surface area (Å²) in [4.78, 5) is 4.29. The Kier molecular flexibility index (Phi) is 3.77. The van der Waals surface area contributed by atoms with Crippen LogP contribution in [0.15, 0.2) is 53.1 Å². The average Bonchev–Trinajstić information content (AvgIpc) is 2.51. The van der Waals surface area contributed by atoms with E-state index in [1.165, 1.54) is 0 Å². The molecule has 0 radical (unpaired) electrons. The molecule has 106 valence electrons. The quantitative estimate of drug-likeness (QED) is 0.756. The number of aliphatic hydroxyl groups excluding tert-OH is 1. The molecular weight excluding hydrogens is 332 g/mol. The van der Waals surface area contributed by atoms with E-state index in [4.69, 9.17) is 15.6 Å². The molecule has 1 heterocycles. The summed E-state index contributed by atoms with van der Waals surface area (Å²) in [7, 11) is 0.